The van der Waals surface area contributed by atoms with Crippen molar-refractivity contribution in [2.45, 2.75) is 44.6 Å². The summed E-state index contributed by atoms with van der Waals surface area (Å²) >= 11 is 0. The van der Waals surface area contributed by atoms with Gasteiger partial charge in [-0.25, -0.2) is 4.79 Å². The Balaban J connectivity index is 2.15. The molecule has 0 aromatic heterocycles. The fraction of sp³-hybridized carbons (Fsp3) is 0.500. The lowest BCUT2D eigenvalue weighted by molar-refractivity contribution is -0.0869. The number of amides is 1. The number of rotatable bonds is 1. The van der Waals surface area contributed by atoms with Gasteiger partial charge in [0, 0.05) is 5.56 Å². The van der Waals surface area contributed by atoms with Crippen molar-refractivity contribution >= 4 is 6.09 Å². The molecule has 0 aliphatic carbocycles. The zero-order chi connectivity index (χ0) is 16.1. The average molecular weight is 302 g/mol. The number of benzene rings is 1. The van der Waals surface area contributed by atoms with E-state index in [-0.39, 0.29) is 12.6 Å². The highest BCUT2D eigenvalue weighted by atomic mass is 16.6. The van der Waals surface area contributed by atoms with Gasteiger partial charge in [0.05, 0.1) is 23.7 Å². The zero-order valence-electron chi connectivity index (χ0n) is 12.7. The maximum Gasteiger partial charge on any atom is 0.410 e. The number of carbonyl (C=O) groups is 1. The smallest absolute Gasteiger partial charge is 0.410 e. The number of hydrogen-bond acceptors (Lipinski definition) is 5. The van der Waals surface area contributed by atoms with E-state index in [4.69, 9.17) is 14.7 Å². The summed E-state index contributed by atoms with van der Waals surface area (Å²) in [6.45, 7) is 5.71. The Labute approximate surface area is 128 Å². The summed E-state index contributed by atoms with van der Waals surface area (Å²) < 4.78 is 10.9. The number of cyclic esters (lactones) is 1. The SMILES string of the molecule is C[C@H]1COC(=O)N1[C@H]1c2cc(C#N)ccc2OC(C)(C)[C@@H]1O. The minimum Gasteiger partial charge on any atom is -0.485 e. The summed E-state index contributed by atoms with van der Waals surface area (Å²) in [5, 5.41) is 19.9. The molecule has 0 unspecified atom stereocenters. The highest BCUT2D eigenvalue weighted by Gasteiger charge is 2.50. The molecule has 3 atom stereocenters. The summed E-state index contributed by atoms with van der Waals surface area (Å²) in [5.74, 6) is 0.575. The van der Waals surface area contributed by atoms with E-state index in [2.05, 4.69) is 6.07 Å². The van der Waals surface area contributed by atoms with Crippen LogP contribution in [0.4, 0.5) is 4.79 Å². The molecular formula is C16H18N2O4. The number of aliphatic hydroxyl groups excluding tert-OH is 1. The van der Waals surface area contributed by atoms with Crippen molar-refractivity contribution in [3.05, 3.63) is 29.3 Å². The maximum atomic E-state index is 12.1. The maximum absolute atomic E-state index is 12.1. The molecule has 1 aromatic rings. The topological polar surface area (TPSA) is 82.8 Å². The van der Waals surface area contributed by atoms with E-state index in [9.17, 15) is 9.90 Å². The van der Waals surface area contributed by atoms with Crippen molar-refractivity contribution in [2.24, 2.45) is 0 Å². The van der Waals surface area contributed by atoms with Crippen LogP contribution in [0.15, 0.2) is 18.2 Å². The fourth-order valence-corrected chi connectivity index (χ4v) is 3.05. The third kappa shape index (κ3) is 2.09. The minimum absolute atomic E-state index is 0.153. The molecule has 22 heavy (non-hydrogen) atoms. The van der Waals surface area contributed by atoms with E-state index in [1.807, 2.05) is 6.92 Å². The molecule has 0 bridgehead atoms. The largest absolute Gasteiger partial charge is 0.485 e. The standard InChI is InChI=1S/C16H18N2O4/c1-9-8-21-15(20)18(9)13-11-6-10(7-17)4-5-12(11)22-16(2,3)14(13)19/h4-6,9,13-14,19H,8H2,1-3H3/t9-,13-,14+/m0/s1. The van der Waals surface area contributed by atoms with Crippen LogP contribution in [0.1, 0.15) is 37.9 Å². The zero-order valence-corrected chi connectivity index (χ0v) is 12.7. The Hall–Kier alpha value is -2.26. The van der Waals surface area contributed by atoms with Crippen LogP contribution in [0.5, 0.6) is 5.75 Å². The van der Waals surface area contributed by atoms with Crippen LogP contribution in [0.3, 0.4) is 0 Å². The van der Waals surface area contributed by atoms with Crippen LogP contribution in [0.2, 0.25) is 0 Å². The molecule has 6 heteroatoms. The monoisotopic (exact) mass is 302 g/mol. The first-order chi connectivity index (χ1) is 10.3. The second kappa shape index (κ2) is 4.89. The van der Waals surface area contributed by atoms with E-state index >= 15 is 0 Å². The summed E-state index contributed by atoms with van der Waals surface area (Å²) in [5.41, 5.74) is 0.241. The molecule has 1 fully saturated rings. The van der Waals surface area contributed by atoms with Gasteiger partial charge in [-0.05, 0) is 39.0 Å². The third-order valence-electron chi connectivity index (χ3n) is 4.28. The van der Waals surface area contributed by atoms with Gasteiger partial charge in [-0.15, -0.1) is 0 Å². The number of carbonyl (C=O) groups excluding carboxylic acids is 1. The summed E-state index contributed by atoms with van der Waals surface area (Å²) in [6.07, 6.45) is -1.38. The highest BCUT2D eigenvalue weighted by molar-refractivity contribution is 5.71. The third-order valence-corrected chi connectivity index (χ3v) is 4.28. The molecule has 116 valence electrons. The first-order valence-corrected chi connectivity index (χ1v) is 7.21. The normalized spacial score (nSPS) is 29.3. The molecule has 6 nitrogen and oxygen atoms in total. The molecule has 2 heterocycles. The molecule has 1 N–H and O–H groups in total. The Bertz CT molecular complexity index is 665. The van der Waals surface area contributed by atoms with Crippen LogP contribution >= 0.6 is 0 Å². The quantitative estimate of drug-likeness (QED) is 0.857. The molecule has 1 amide bonds. The second-order valence-corrected chi connectivity index (χ2v) is 6.29. The number of hydrogen-bond donors (Lipinski definition) is 1. The van der Waals surface area contributed by atoms with Gasteiger partial charge in [0.2, 0.25) is 0 Å². The molecule has 3 rings (SSSR count). The predicted octanol–water partition coefficient (Wildman–Crippen LogP) is 1.97. The lowest BCUT2D eigenvalue weighted by Gasteiger charge is -2.45. The van der Waals surface area contributed by atoms with Crippen molar-refractivity contribution in [3.8, 4) is 11.8 Å². The highest BCUT2D eigenvalue weighted by Crippen LogP contribution is 2.44. The van der Waals surface area contributed by atoms with Crippen molar-refractivity contribution in [2.75, 3.05) is 6.61 Å². The van der Waals surface area contributed by atoms with E-state index < -0.39 is 23.8 Å². The van der Waals surface area contributed by atoms with E-state index in [0.717, 1.165) is 0 Å². The molecule has 1 saturated heterocycles. The molecule has 2 aliphatic heterocycles. The summed E-state index contributed by atoms with van der Waals surface area (Å²) in [6, 6.07) is 6.36. The summed E-state index contributed by atoms with van der Waals surface area (Å²) in [7, 11) is 0. The van der Waals surface area contributed by atoms with Gasteiger partial charge in [-0.2, -0.15) is 5.26 Å². The Morgan fingerprint density at radius 2 is 2.18 bits per heavy atom. The van der Waals surface area contributed by atoms with Gasteiger partial charge in [0.15, 0.2) is 0 Å². The van der Waals surface area contributed by atoms with Crippen LogP contribution in [-0.4, -0.2) is 40.5 Å². The van der Waals surface area contributed by atoms with Crippen molar-refractivity contribution < 1.29 is 19.4 Å². The van der Waals surface area contributed by atoms with E-state index in [1.165, 1.54) is 4.90 Å². The minimum atomic E-state index is -0.929. The van der Waals surface area contributed by atoms with Gasteiger partial charge in [-0.1, -0.05) is 0 Å². The Morgan fingerprint density at radius 1 is 1.45 bits per heavy atom. The number of aliphatic hydroxyl groups is 1. The van der Waals surface area contributed by atoms with Crippen molar-refractivity contribution in [1.29, 1.82) is 5.26 Å². The first-order valence-electron chi connectivity index (χ1n) is 7.21. The van der Waals surface area contributed by atoms with Gasteiger partial charge >= 0.3 is 6.09 Å². The average Bonchev–Trinajstić information content (AvgIpc) is 2.80. The fourth-order valence-electron chi connectivity index (χ4n) is 3.05. The number of nitriles is 1. The van der Waals surface area contributed by atoms with Crippen LogP contribution in [-0.2, 0) is 4.74 Å². The number of fused-ring (bicyclic) bond motifs is 1. The van der Waals surface area contributed by atoms with Gasteiger partial charge in [0.1, 0.15) is 24.1 Å². The van der Waals surface area contributed by atoms with Crippen LogP contribution in [0.25, 0.3) is 0 Å². The summed E-state index contributed by atoms with van der Waals surface area (Å²) in [4.78, 5) is 13.6. The molecule has 0 spiro atoms. The predicted molar refractivity (Wildman–Crippen MR) is 77.3 cm³/mol. The van der Waals surface area contributed by atoms with Crippen molar-refractivity contribution in [1.82, 2.24) is 4.90 Å². The van der Waals surface area contributed by atoms with E-state index in [1.54, 1.807) is 32.0 Å². The van der Waals surface area contributed by atoms with Gasteiger partial charge in [0.25, 0.3) is 0 Å². The molecule has 0 radical (unpaired) electrons. The number of nitrogens with zero attached hydrogens (tertiary/aromatic N) is 2. The van der Waals surface area contributed by atoms with Crippen LogP contribution in [0, 0.1) is 11.3 Å². The van der Waals surface area contributed by atoms with Crippen molar-refractivity contribution in [3.63, 3.8) is 0 Å². The Morgan fingerprint density at radius 3 is 2.77 bits per heavy atom. The lowest BCUT2D eigenvalue weighted by atomic mass is 9.84. The molecular weight excluding hydrogens is 284 g/mol. The van der Waals surface area contributed by atoms with Gasteiger partial charge < -0.3 is 14.6 Å². The molecule has 0 saturated carbocycles. The molecule has 1 aromatic carbocycles. The second-order valence-electron chi connectivity index (χ2n) is 6.29. The first kappa shape index (κ1) is 14.7. The van der Waals surface area contributed by atoms with E-state index in [0.29, 0.717) is 16.9 Å². The Kier molecular flexibility index (Phi) is 3.26. The van der Waals surface area contributed by atoms with Gasteiger partial charge in [-0.3, -0.25) is 4.90 Å². The lowest BCUT2D eigenvalue weighted by Crippen LogP contribution is -2.55. The molecule has 2 aliphatic rings. The number of ether oxygens (including phenoxy) is 2. The van der Waals surface area contributed by atoms with Crippen LogP contribution < -0.4 is 4.74 Å².